The monoisotopic (exact) mass is 1070 g/mol. The zero-order chi connectivity index (χ0) is 53.5. The molecule has 2 saturated carbocycles. The Morgan fingerprint density at radius 3 is 1.20 bits per heavy atom. The van der Waals surface area contributed by atoms with E-state index in [1.807, 2.05) is 0 Å². The van der Waals surface area contributed by atoms with Crippen LogP contribution < -0.4 is 0 Å². The molecule has 0 aromatic rings. The minimum absolute atomic E-state index is 0.135. The summed E-state index contributed by atoms with van der Waals surface area (Å²) in [6.07, 6.45) is -15.7. The number of aliphatic hydroxyl groups excluding tert-OH is 13. The van der Waals surface area contributed by atoms with Gasteiger partial charge in [-0.05, 0) is 42.9 Å². The van der Waals surface area contributed by atoms with Gasteiger partial charge in [-0.25, -0.2) is 0 Å². The molecular formula is C51H92O23. The zero-order valence-electron chi connectivity index (χ0n) is 43.3. The number of unbranched alkanes of at least 4 members (excludes halogenated alkanes) is 12. The summed E-state index contributed by atoms with van der Waals surface area (Å²) >= 11 is 0. The first-order valence-corrected chi connectivity index (χ1v) is 27.7. The van der Waals surface area contributed by atoms with Crippen LogP contribution >= 0.6 is 0 Å². The van der Waals surface area contributed by atoms with Gasteiger partial charge in [0.15, 0.2) is 25.2 Å². The van der Waals surface area contributed by atoms with E-state index in [1.54, 1.807) is 0 Å². The average Bonchev–Trinajstić information content (AvgIpc) is 3.93. The Morgan fingerprint density at radius 2 is 0.743 bits per heavy atom. The molecule has 2 bridgehead atoms. The number of fused-ring (bicyclic) bond motifs is 2. The lowest BCUT2D eigenvalue weighted by Gasteiger charge is -2.48. The molecule has 23 heteroatoms. The highest BCUT2D eigenvalue weighted by Crippen LogP contribution is 2.56. The van der Waals surface area contributed by atoms with E-state index in [2.05, 4.69) is 13.8 Å². The van der Waals surface area contributed by atoms with Gasteiger partial charge in [-0.1, -0.05) is 90.9 Å². The highest BCUT2D eigenvalue weighted by molar-refractivity contribution is 5.09. The molecule has 0 radical (unpaired) electrons. The van der Waals surface area contributed by atoms with E-state index in [-0.39, 0.29) is 30.1 Å². The largest absolute Gasteiger partial charge is 0.394 e. The van der Waals surface area contributed by atoms with Crippen LogP contribution in [0.15, 0.2) is 0 Å². The summed E-state index contributed by atoms with van der Waals surface area (Å²) in [5, 5.41) is 138. The van der Waals surface area contributed by atoms with Gasteiger partial charge in [0.05, 0.1) is 58.0 Å². The van der Waals surface area contributed by atoms with E-state index in [0.29, 0.717) is 32.8 Å². The van der Waals surface area contributed by atoms with Gasteiger partial charge in [-0.15, -0.1) is 0 Å². The van der Waals surface area contributed by atoms with Crippen molar-refractivity contribution < 1.29 is 114 Å². The summed E-state index contributed by atoms with van der Waals surface area (Å²) < 4.78 is 61.3. The molecule has 4 aliphatic heterocycles. The third-order valence-electron chi connectivity index (χ3n) is 16.2. The predicted molar refractivity (Wildman–Crippen MR) is 257 cm³/mol. The zero-order valence-corrected chi connectivity index (χ0v) is 43.3. The number of hydrogen-bond acceptors (Lipinski definition) is 23. The third kappa shape index (κ3) is 15.7. The summed E-state index contributed by atoms with van der Waals surface area (Å²) in [6, 6.07) is 0. The van der Waals surface area contributed by atoms with E-state index < -0.39 is 155 Å². The van der Waals surface area contributed by atoms with Crippen molar-refractivity contribution in [1.29, 1.82) is 0 Å². The molecule has 74 heavy (non-hydrogen) atoms. The molecule has 0 aromatic heterocycles. The summed E-state index contributed by atoms with van der Waals surface area (Å²) in [7, 11) is 0. The van der Waals surface area contributed by atoms with Crippen LogP contribution in [-0.2, 0) is 47.4 Å². The molecule has 13 N–H and O–H groups in total. The summed E-state index contributed by atoms with van der Waals surface area (Å²) in [5.41, 5.74) is 0. The number of ether oxygens (including phenoxy) is 10. The minimum Gasteiger partial charge on any atom is -0.394 e. The van der Waals surface area contributed by atoms with E-state index in [1.165, 1.54) is 51.4 Å². The quantitative estimate of drug-likeness (QED) is 0.0339. The Morgan fingerprint density at radius 1 is 0.365 bits per heavy atom. The molecule has 0 amide bonds. The van der Waals surface area contributed by atoms with E-state index in [4.69, 9.17) is 47.4 Å². The first kappa shape index (κ1) is 62.3. The molecule has 2 aliphatic carbocycles. The highest BCUT2D eigenvalue weighted by atomic mass is 16.8. The van der Waals surface area contributed by atoms with Gasteiger partial charge in [0.25, 0.3) is 0 Å². The van der Waals surface area contributed by atoms with Gasteiger partial charge >= 0.3 is 0 Å². The SMILES string of the molecule is CCCCCCCCCOCC1C2C[C@@H](C1COCCCCCCCCC)[C@@H](O[C@@H]1OC(CO)[C@@H](O[C@H]3OC(CO)[C@@H](O)[C@H](O)C3O)[C@H](O)C1O)C2O[C@@H]1OC(CO)[C@@H](O[C@H]2OC(CO)[C@@H](O)[C@H](O)C2O)CC1O. The van der Waals surface area contributed by atoms with Crippen LogP contribution in [0.25, 0.3) is 0 Å². The standard InChI is InChI=1S/C51H92O23/c1-3-5-7-9-11-13-15-17-65-25-29-27-19-28(30(29)26-66-18-16-14-12-10-8-6-4-2)46(73-51-44(64)41(61)47(36(24-55)71-51)74-50-43(63)40(60)38(58)35(23-54)70-50)45(27)72-48-31(56)20-32(33(21-52)68-48)67-49-42(62)39(59)37(57)34(22-53)69-49/h27-64H,3-26H2,1-2H3/t27?,28-,29?,30?,31?,32-,33?,34?,35?,36?,37+,38+,39-,40-,41+,42?,43?,44?,45?,46+,47+,48-,49-,50+,51-/m0/s1. The van der Waals surface area contributed by atoms with Crippen LogP contribution in [0.2, 0.25) is 0 Å². The Balaban J connectivity index is 1.20. The van der Waals surface area contributed by atoms with Gasteiger partial charge in [-0.3, -0.25) is 0 Å². The van der Waals surface area contributed by atoms with Crippen molar-refractivity contribution in [2.45, 2.75) is 246 Å². The fourth-order valence-corrected chi connectivity index (χ4v) is 11.8. The minimum atomic E-state index is -1.85. The second-order valence-corrected chi connectivity index (χ2v) is 21.4. The molecule has 6 fully saturated rings. The molecule has 6 rings (SSSR count). The van der Waals surface area contributed by atoms with Crippen LogP contribution in [0.3, 0.4) is 0 Å². The Labute approximate surface area is 434 Å². The van der Waals surface area contributed by atoms with Crippen LogP contribution in [-0.4, -0.2) is 248 Å². The Kier molecular flexibility index (Phi) is 26.2. The third-order valence-corrected chi connectivity index (χ3v) is 16.2. The normalized spacial score (nSPS) is 43.6. The first-order chi connectivity index (χ1) is 35.7. The lowest BCUT2D eigenvalue weighted by atomic mass is 9.76. The van der Waals surface area contributed by atoms with Gasteiger partial charge in [0.1, 0.15) is 85.5 Å². The van der Waals surface area contributed by atoms with Crippen LogP contribution in [0.4, 0.5) is 0 Å². The van der Waals surface area contributed by atoms with Crippen molar-refractivity contribution in [3.05, 3.63) is 0 Å². The summed E-state index contributed by atoms with van der Waals surface area (Å²) in [4.78, 5) is 0. The molecule has 4 heterocycles. The molecule has 25 atom stereocenters. The second kappa shape index (κ2) is 31.2. The van der Waals surface area contributed by atoms with Gasteiger partial charge in [0, 0.05) is 19.6 Å². The highest BCUT2D eigenvalue weighted by Gasteiger charge is 2.62. The van der Waals surface area contributed by atoms with Crippen LogP contribution in [0.5, 0.6) is 0 Å². The molecule has 12 unspecified atom stereocenters. The molecular weight excluding hydrogens is 981 g/mol. The molecule has 0 aromatic carbocycles. The topological polar surface area (TPSA) is 355 Å². The van der Waals surface area contributed by atoms with Crippen molar-refractivity contribution in [3.63, 3.8) is 0 Å². The second-order valence-electron chi connectivity index (χ2n) is 21.4. The van der Waals surface area contributed by atoms with Gasteiger partial charge < -0.3 is 114 Å². The van der Waals surface area contributed by atoms with Crippen LogP contribution in [0.1, 0.15) is 117 Å². The summed E-state index contributed by atoms with van der Waals surface area (Å²) in [5.74, 6) is -0.918. The van der Waals surface area contributed by atoms with Gasteiger partial charge in [-0.2, -0.15) is 0 Å². The van der Waals surface area contributed by atoms with E-state index in [9.17, 15) is 66.4 Å². The van der Waals surface area contributed by atoms with Crippen molar-refractivity contribution in [2.24, 2.45) is 23.7 Å². The van der Waals surface area contributed by atoms with E-state index >= 15 is 0 Å². The molecule has 0 spiro atoms. The average molecular weight is 1070 g/mol. The van der Waals surface area contributed by atoms with Crippen molar-refractivity contribution in [1.82, 2.24) is 0 Å². The maximum Gasteiger partial charge on any atom is 0.187 e. The lowest BCUT2D eigenvalue weighted by Crippen LogP contribution is -2.65. The smallest absolute Gasteiger partial charge is 0.187 e. The maximum absolute atomic E-state index is 11.7. The predicted octanol–water partition coefficient (Wildman–Crippen LogP) is -1.55. The fraction of sp³-hybridized carbons (Fsp3) is 1.00. The van der Waals surface area contributed by atoms with Crippen LogP contribution in [0, 0.1) is 23.7 Å². The van der Waals surface area contributed by atoms with Gasteiger partial charge in [0.2, 0.25) is 0 Å². The molecule has 6 aliphatic rings. The van der Waals surface area contributed by atoms with Crippen molar-refractivity contribution >= 4 is 0 Å². The van der Waals surface area contributed by atoms with Crippen molar-refractivity contribution in [3.8, 4) is 0 Å². The number of hydrogen-bond donors (Lipinski definition) is 13. The summed E-state index contributed by atoms with van der Waals surface area (Å²) in [6.45, 7) is 3.30. The number of rotatable bonds is 32. The molecule has 4 saturated heterocycles. The van der Waals surface area contributed by atoms with Crippen molar-refractivity contribution in [2.75, 3.05) is 52.9 Å². The fourth-order valence-electron chi connectivity index (χ4n) is 11.8. The lowest BCUT2D eigenvalue weighted by molar-refractivity contribution is -0.372. The number of aliphatic hydroxyl groups is 13. The first-order valence-electron chi connectivity index (χ1n) is 27.7. The Bertz CT molecular complexity index is 1540. The molecule has 434 valence electrons. The van der Waals surface area contributed by atoms with E-state index in [0.717, 1.165) is 38.5 Å². The molecule has 23 nitrogen and oxygen atoms in total. The maximum atomic E-state index is 11.7. The Hall–Kier alpha value is -0.920.